The van der Waals surface area contributed by atoms with Gasteiger partial charge in [0.25, 0.3) is 11.8 Å². The molecule has 0 atom stereocenters. The van der Waals surface area contributed by atoms with E-state index in [-0.39, 0.29) is 17.0 Å². The van der Waals surface area contributed by atoms with Gasteiger partial charge in [-0.2, -0.15) is 0 Å². The van der Waals surface area contributed by atoms with Gasteiger partial charge in [0.1, 0.15) is 5.82 Å². The van der Waals surface area contributed by atoms with Crippen molar-refractivity contribution in [2.24, 2.45) is 0 Å². The maximum absolute atomic E-state index is 12.7. The number of halogens is 1. The van der Waals surface area contributed by atoms with Gasteiger partial charge in [-0.25, -0.2) is 4.39 Å². The molecule has 0 saturated carbocycles. The molecule has 80 valence electrons. The molecule has 4 heteroatoms. The van der Waals surface area contributed by atoms with Gasteiger partial charge in [-0.15, -0.1) is 0 Å². The SMILES string of the molecule is CC.CN1C(=O)c2ccc(F)cc2C1=O. The summed E-state index contributed by atoms with van der Waals surface area (Å²) in [6.07, 6.45) is 0. The summed E-state index contributed by atoms with van der Waals surface area (Å²) in [5.74, 6) is -1.32. The summed E-state index contributed by atoms with van der Waals surface area (Å²) < 4.78 is 12.7. The van der Waals surface area contributed by atoms with E-state index in [9.17, 15) is 14.0 Å². The second kappa shape index (κ2) is 4.21. The van der Waals surface area contributed by atoms with E-state index >= 15 is 0 Å². The van der Waals surface area contributed by atoms with Crippen molar-refractivity contribution in [3.63, 3.8) is 0 Å². The predicted molar refractivity (Wildman–Crippen MR) is 54.2 cm³/mol. The fourth-order valence-corrected chi connectivity index (χ4v) is 1.33. The molecule has 0 bridgehead atoms. The van der Waals surface area contributed by atoms with Crippen molar-refractivity contribution in [2.45, 2.75) is 13.8 Å². The van der Waals surface area contributed by atoms with Gasteiger partial charge >= 0.3 is 0 Å². The first-order chi connectivity index (χ1) is 7.11. The van der Waals surface area contributed by atoms with Crippen LogP contribution in [-0.4, -0.2) is 23.8 Å². The van der Waals surface area contributed by atoms with Crippen LogP contribution in [0.3, 0.4) is 0 Å². The summed E-state index contributed by atoms with van der Waals surface area (Å²) in [6, 6.07) is 3.58. The van der Waals surface area contributed by atoms with Crippen LogP contribution in [0, 0.1) is 5.82 Å². The fourth-order valence-electron chi connectivity index (χ4n) is 1.33. The average molecular weight is 209 g/mol. The number of nitrogens with zero attached hydrogens (tertiary/aromatic N) is 1. The molecular formula is C11H12FNO2. The van der Waals surface area contributed by atoms with Crippen LogP contribution in [0.5, 0.6) is 0 Å². The molecule has 0 spiro atoms. The number of hydrogen-bond donors (Lipinski definition) is 0. The molecule has 0 fully saturated rings. The molecule has 1 aromatic carbocycles. The van der Waals surface area contributed by atoms with E-state index in [4.69, 9.17) is 0 Å². The van der Waals surface area contributed by atoms with E-state index in [1.54, 1.807) is 0 Å². The zero-order valence-corrected chi connectivity index (χ0v) is 8.87. The molecule has 1 aliphatic rings. The number of benzene rings is 1. The number of carbonyl (C=O) groups is 2. The van der Waals surface area contributed by atoms with Gasteiger partial charge in [-0.3, -0.25) is 14.5 Å². The van der Waals surface area contributed by atoms with Gasteiger partial charge in [0.15, 0.2) is 0 Å². The van der Waals surface area contributed by atoms with Crippen molar-refractivity contribution in [1.29, 1.82) is 0 Å². The minimum atomic E-state index is -0.504. The van der Waals surface area contributed by atoms with E-state index in [2.05, 4.69) is 0 Å². The second-order valence-corrected chi connectivity index (χ2v) is 2.86. The average Bonchev–Trinajstić information content (AvgIpc) is 2.47. The van der Waals surface area contributed by atoms with Crippen molar-refractivity contribution in [3.8, 4) is 0 Å². The monoisotopic (exact) mass is 209 g/mol. The Kier molecular flexibility index (Phi) is 3.19. The van der Waals surface area contributed by atoms with Gasteiger partial charge in [-0.05, 0) is 18.2 Å². The first-order valence-corrected chi connectivity index (χ1v) is 4.73. The molecule has 3 nitrogen and oxygen atoms in total. The number of rotatable bonds is 0. The molecule has 15 heavy (non-hydrogen) atoms. The highest BCUT2D eigenvalue weighted by atomic mass is 19.1. The Morgan fingerprint density at radius 1 is 1.07 bits per heavy atom. The van der Waals surface area contributed by atoms with Crippen molar-refractivity contribution < 1.29 is 14.0 Å². The zero-order valence-electron chi connectivity index (χ0n) is 8.87. The quantitative estimate of drug-likeness (QED) is 0.613. The lowest BCUT2D eigenvalue weighted by atomic mass is 10.1. The second-order valence-electron chi connectivity index (χ2n) is 2.86. The third kappa shape index (κ3) is 1.75. The lowest BCUT2D eigenvalue weighted by Crippen LogP contribution is -2.24. The predicted octanol–water partition coefficient (Wildman–Crippen LogP) is 2.08. The zero-order chi connectivity index (χ0) is 11.6. The molecule has 1 heterocycles. The number of amides is 2. The van der Waals surface area contributed by atoms with Crippen LogP contribution in [-0.2, 0) is 0 Å². The van der Waals surface area contributed by atoms with Gasteiger partial charge < -0.3 is 0 Å². The Bertz CT molecular complexity index is 415. The minimum absolute atomic E-state index is 0.146. The van der Waals surface area contributed by atoms with Crippen LogP contribution in [0.25, 0.3) is 0 Å². The fraction of sp³-hybridized carbons (Fsp3) is 0.273. The third-order valence-corrected chi connectivity index (χ3v) is 2.05. The summed E-state index contributed by atoms with van der Waals surface area (Å²) in [7, 11) is 1.38. The number of hydrogen-bond acceptors (Lipinski definition) is 2. The van der Waals surface area contributed by atoms with E-state index in [0.29, 0.717) is 0 Å². The molecule has 0 radical (unpaired) electrons. The number of carbonyl (C=O) groups excluding carboxylic acids is 2. The molecule has 0 aromatic heterocycles. The molecule has 0 aliphatic carbocycles. The van der Waals surface area contributed by atoms with E-state index in [0.717, 1.165) is 11.0 Å². The van der Waals surface area contributed by atoms with Crippen molar-refractivity contribution in [3.05, 3.63) is 35.1 Å². The third-order valence-electron chi connectivity index (χ3n) is 2.05. The summed E-state index contributed by atoms with van der Waals surface area (Å²) in [5.41, 5.74) is 0.418. The van der Waals surface area contributed by atoms with Crippen LogP contribution in [0.4, 0.5) is 4.39 Å². The van der Waals surface area contributed by atoms with E-state index in [1.165, 1.54) is 19.2 Å². The van der Waals surface area contributed by atoms with Crippen LogP contribution in [0.2, 0.25) is 0 Å². The van der Waals surface area contributed by atoms with Gasteiger partial charge in [0.2, 0.25) is 0 Å². The van der Waals surface area contributed by atoms with Crippen molar-refractivity contribution >= 4 is 11.8 Å². The Labute approximate surface area is 87.5 Å². The molecular weight excluding hydrogens is 197 g/mol. The first kappa shape index (κ1) is 11.4. The molecule has 1 aromatic rings. The van der Waals surface area contributed by atoms with E-state index in [1.807, 2.05) is 13.8 Å². The lowest BCUT2D eigenvalue weighted by Gasteiger charge is -2.02. The Balaban J connectivity index is 0.000000531. The Morgan fingerprint density at radius 3 is 2.20 bits per heavy atom. The maximum Gasteiger partial charge on any atom is 0.261 e. The Hall–Kier alpha value is -1.71. The normalized spacial score (nSPS) is 13.5. The molecule has 2 rings (SSSR count). The standard InChI is InChI=1S/C9H6FNO2.C2H6/c1-11-8(12)6-3-2-5(10)4-7(6)9(11)13;1-2/h2-4H,1H3;1-2H3. The Morgan fingerprint density at radius 2 is 1.60 bits per heavy atom. The van der Waals surface area contributed by atoms with E-state index < -0.39 is 11.7 Å². The largest absolute Gasteiger partial charge is 0.277 e. The van der Waals surface area contributed by atoms with Gasteiger partial charge in [-0.1, -0.05) is 13.8 Å². The van der Waals surface area contributed by atoms with Crippen molar-refractivity contribution in [2.75, 3.05) is 7.05 Å². The highest BCUT2D eigenvalue weighted by Crippen LogP contribution is 2.21. The maximum atomic E-state index is 12.7. The lowest BCUT2D eigenvalue weighted by molar-refractivity contribution is 0.0693. The van der Waals surface area contributed by atoms with Gasteiger partial charge in [0.05, 0.1) is 11.1 Å². The summed E-state index contributed by atoms with van der Waals surface area (Å²) >= 11 is 0. The molecule has 2 amide bonds. The molecule has 1 aliphatic heterocycles. The highest BCUT2D eigenvalue weighted by Gasteiger charge is 2.32. The summed E-state index contributed by atoms with van der Waals surface area (Å²) in [4.78, 5) is 23.6. The highest BCUT2D eigenvalue weighted by molar-refractivity contribution is 6.21. The minimum Gasteiger partial charge on any atom is -0.277 e. The van der Waals surface area contributed by atoms with Crippen LogP contribution in [0.1, 0.15) is 34.6 Å². The topological polar surface area (TPSA) is 37.4 Å². The van der Waals surface area contributed by atoms with Gasteiger partial charge in [0, 0.05) is 7.05 Å². The number of fused-ring (bicyclic) bond motifs is 1. The molecule has 0 saturated heterocycles. The van der Waals surface area contributed by atoms with Crippen LogP contribution < -0.4 is 0 Å². The van der Waals surface area contributed by atoms with Crippen LogP contribution >= 0.6 is 0 Å². The van der Waals surface area contributed by atoms with Crippen LogP contribution in [0.15, 0.2) is 18.2 Å². The molecule has 0 unspecified atom stereocenters. The summed E-state index contributed by atoms with van der Waals surface area (Å²) in [5, 5.41) is 0. The summed E-state index contributed by atoms with van der Waals surface area (Å²) in [6.45, 7) is 4.00. The smallest absolute Gasteiger partial charge is 0.261 e. The molecule has 0 N–H and O–H groups in total. The number of imide groups is 1. The first-order valence-electron chi connectivity index (χ1n) is 4.73. The van der Waals surface area contributed by atoms with Crippen molar-refractivity contribution in [1.82, 2.24) is 4.90 Å².